The van der Waals surface area contributed by atoms with Crippen LogP contribution in [-0.2, 0) is 16.6 Å². The second-order valence-electron chi connectivity index (χ2n) is 6.40. The molecule has 0 spiro atoms. The lowest BCUT2D eigenvalue weighted by molar-refractivity contribution is 0.306. The predicted molar refractivity (Wildman–Crippen MR) is 111 cm³/mol. The van der Waals surface area contributed by atoms with E-state index in [0.29, 0.717) is 12.3 Å². The Bertz CT molecular complexity index is 1040. The molecule has 0 aliphatic carbocycles. The molecule has 0 aromatic heterocycles. The predicted octanol–water partition coefficient (Wildman–Crippen LogP) is 4.28. The Labute approximate surface area is 165 Å². The maximum absolute atomic E-state index is 12.3. The minimum Gasteiger partial charge on any atom is -0.489 e. The van der Waals surface area contributed by atoms with Crippen LogP contribution in [0.2, 0.25) is 0 Å². The van der Waals surface area contributed by atoms with Crippen LogP contribution in [0, 0.1) is 6.92 Å². The lowest BCUT2D eigenvalue weighted by Crippen LogP contribution is -2.19. The number of ether oxygens (including phenoxy) is 1. The number of hydrogen-bond donors (Lipinski definition) is 1. The number of sulfonamides is 1. The Kier molecular flexibility index (Phi) is 6.11. The van der Waals surface area contributed by atoms with Gasteiger partial charge in [0.2, 0.25) is 0 Å². The fourth-order valence-electron chi connectivity index (χ4n) is 2.50. The molecule has 144 valence electrons. The summed E-state index contributed by atoms with van der Waals surface area (Å²) < 4.78 is 30.4. The van der Waals surface area contributed by atoms with Gasteiger partial charge < -0.3 is 4.74 Å². The number of benzene rings is 3. The van der Waals surface area contributed by atoms with Crippen molar-refractivity contribution < 1.29 is 13.2 Å². The average Bonchev–Trinajstić information content (AvgIpc) is 2.72. The maximum atomic E-state index is 12.3. The third kappa shape index (κ3) is 5.20. The Morgan fingerprint density at radius 3 is 2.21 bits per heavy atom. The van der Waals surface area contributed by atoms with Crippen LogP contribution in [0.3, 0.4) is 0 Å². The summed E-state index contributed by atoms with van der Waals surface area (Å²) >= 11 is 0. The average molecular weight is 394 g/mol. The molecule has 28 heavy (non-hydrogen) atoms. The second kappa shape index (κ2) is 8.71. The first-order chi connectivity index (χ1) is 13.4. The van der Waals surface area contributed by atoms with Crippen LogP contribution in [-0.4, -0.2) is 14.1 Å². The van der Waals surface area contributed by atoms with Crippen LogP contribution in [0.1, 0.15) is 23.6 Å². The van der Waals surface area contributed by atoms with E-state index in [-0.39, 0.29) is 4.90 Å². The standard InChI is InChI=1S/C22H22N2O3S/c1-17-8-14-22(15-9-17)28(25,26)24-23-18(2)20-10-12-21(13-11-20)27-16-19-6-4-3-5-7-19/h3-15,24H,16H2,1-2H3/b23-18+. The van der Waals surface area contributed by atoms with E-state index in [1.54, 1.807) is 31.2 Å². The lowest BCUT2D eigenvalue weighted by Gasteiger charge is -2.08. The van der Waals surface area contributed by atoms with Gasteiger partial charge in [0.1, 0.15) is 12.4 Å². The number of aryl methyl sites for hydroxylation is 1. The van der Waals surface area contributed by atoms with Gasteiger partial charge in [-0.1, -0.05) is 48.0 Å². The monoisotopic (exact) mass is 394 g/mol. The third-order valence-electron chi connectivity index (χ3n) is 4.19. The molecule has 3 aromatic carbocycles. The minimum atomic E-state index is -3.69. The van der Waals surface area contributed by atoms with Crippen molar-refractivity contribution >= 4 is 15.7 Å². The highest BCUT2D eigenvalue weighted by Crippen LogP contribution is 2.15. The van der Waals surface area contributed by atoms with E-state index < -0.39 is 10.0 Å². The second-order valence-corrected chi connectivity index (χ2v) is 8.06. The zero-order valence-corrected chi connectivity index (χ0v) is 16.6. The summed E-state index contributed by atoms with van der Waals surface area (Å²) in [5, 5.41) is 4.03. The summed E-state index contributed by atoms with van der Waals surface area (Å²) in [5.74, 6) is 0.737. The van der Waals surface area contributed by atoms with Crippen molar-refractivity contribution in [2.75, 3.05) is 0 Å². The molecule has 0 aliphatic heterocycles. The van der Waals surface area contributed by atoms with E-state index in [2.05, 4.69) is 9.93 Å². The summed E-state index contributed by atoms with van der Waals surface area (Å²) in [5.41, 5.74) is 3.45. The number of rotatable bonds is 7. The molecule has 0 amide bonds. The largest absolute Gasteiger partial charge is 0.489 e. The van der Waals surface area contributed by atoms with Gasteiger partial charge in [-0.3, -0.25) is 0 Å². The van der Waals surface area contributed by atoms with E-state index in [1.807, 2.05) is 61.5 Å². The minimum absolute atomic E-state index is 0.180. The van der Waals surface area contributed by atoms with Crippen molar-refractivity contribution in [1.29, 1.82) is 0 Å². The lowest BCUT2D eigenvalue weighted by atomic mass is 10.1. The normalized spacial score (nSPS) is 11.9. The van der Waals surface area contributed by atoms with Crippen LogP contribution < -0.4 is 9.57 Å². The molecular weight excluding hydrogens is 372 g/mol. The number of hydrazone groups is 1. The SMILES string of the molecule is C/C(=N\NS(=O)(=O)c1ccc(C)cc1)c1ccc(OCc2ccccc2)cc1. The number of nitrogens with zero attached hydrogens (tertiary/aromatic N) is 1. The Hall–Kier alpha value is -3.12. The molecule has 1 N–H and O–H groups in total. The summed E-state index contributed by atoms with van der Waals surface area (Å²) in [4.78, 5) is 2.46. The van der Waals surface area contributed by atoms with Crippen LogP contribution >= 0.6 is 0 Å². The molecule has 0 aliphatic rings. The van der Waals surface area contributed by atoms with Gasteiger partial charge in [-0.05, 0) is 61.4 Å². The Balaban J connectivity index is 1.63. The Morgan fingerprint density at radius 1 is 0.929 bits per heavy atom. The van der Waals surface area contributed by atoms with Gasteiger partial charge in [-0.15, -0.1) is 0 Å². The zero-order chi connectivity index (χ0) is 20.0. The van der Waals surface area contributed by atoms with E-state index in [4.69, 9.17) is 4.74 Å². The van der Waals surface area contributed by atoms with Gasteiger partial charge in [0.15, 0.2) is 0 Å². The van der Waals surface area contributed by atoms with Gasteiger partial charge in [-0.25, -0.2) is 0 Å². The van der Waals surface area contributed by atoms with Crippen molar-refractivity contribution in [2.45, 2.75) is 25.3 Å². The third-order valence-corrected chi connectivity index (χ3v) is 5.41. The van der Waals surface area contributed by atoms with E-state index >= 15 is 0 Å². The van der Waals surface area contributed by atoms with Gasteiger partial charge in [0.05, 0.1) is 10.6 Å². The molecule has 0 atom stereocenters. The molecule has 0 fully saturated rings. The van der Waals surface area contributed by atoms with E-state index in [9.17, 15) is 8.42 Å². The zero-order valence-electron chi connectivity index (χ0n) is 15.8. The van der Waals surface area contributed by atoms with Gasteiger partial charge in [-0.2, -0.15) is 18.4 Å². The molecule has 5 nitrogen and oxygen atoms in total. The quantitative estimate of drug-likeness (QED) is 0.480. The summed E-state index contributed by atoms with van der Waals surface area (Å²) in [7, 11) is -3.69. The molecule has 3 aromatic rings. The fraction of sp³-hybridized carbons (Fsp3) is 0.136. The topological polar surface area (TPSA) is 67.8 Å². The molecule has 0 saturated heterocycles. The van der Waals surface area contributed by atoms with Crippen molar-refractivity contribution in [3.63, 3.8) is 0 Å². The molecule has 3 rings (SSSR count). The number of nitrogens with one attached hydrogen (secondary N) is 1. The molecule has 0 radical (unpaired) electrons. The highest BCUT2D eigenvalue weighted by atomic mass is 32.2. The molecule has 0 bridgehead atoms. The van der Waals surface area contributed by atoms with Crippen molar-refractivity contribution in [2.24, 2.45) is 5.10 Å². The Morgan fingerprint density at radius 2 is 1.57 bits per heavy atom. The van der Waals surface area contributed by atoms with E-state index in [0.717, 1.165) is 22.4 Å². The van der Waals surface area contributed by atoms with Crippen LogP contribution in [0.15, 0.2) is 88.9 Å². The van der Waals surface area contributed by atoms with Crippen LogP contribution in [0.5, 0.6) is 5.75 Å². The van der Waals surface area contributed by atoms with E-state index in [1.165, 1.54) is 0 Å². The van der Waals surface area contributed by atoms with Crippen molar-refractivity contribution in [3.05, 3.63) is 95.6 Å². The summed E-state index contributed by atoms with van der Waals surface area (Å²) in [6, 6.07) is 23.9. The molecule has 0 saturated carbocycles. The fourth-order valence-corrected chi connectivity index (χ4v) is 3.35. The first-order valence-corrected chi connectivity index (χ1v) is 10.3. The highest BCUT2D eigenvalue weighted by molar-refractivity contribution is 7.89. The maximum Gasteiger partial charge on any atom is 0.276 e. The molecular formula is C22H22N2O3S. The van der Waals surface area contributed by atoms with Gasteiger partial charge >= 0.3 is 0 Å². The molecule has 0 unspecified atom stereocenters. The first-order valence-electron chi connectivity index (χ1n) is 8.84. The number of hydrogen-bond acceptors (Lipinski definition) is 4. The van der Waals surface area contributed by atoms with Crippen LogP contribution in [0.25, 0.3) is 0 Å². The highest BCUT2D eigenvalue weighted by Gasteiger charge is 2.12. The smallest absolute Gasteiger partial charge is 0.276 e. The van der Waals surface area contributed by atoms with Crippen molar-refractivity contribution in [3.8, 4) is 5.75 Å². The van der Waals surface area contributed by atoms with Gasteiger partial charge in [0.25, 0.3) is 10.0 Å². The van der Waals surface area contributed by atoms with Crippen molar-refractivity contribution in [1.82, 2.24) is 4.83 Å². The molecule has 6 heteroatoms. The van der Waals surface area contributed by atoms with Crippen LogP contribution in [0.4, 0.5) is 0 Å². The summed E-state index contributed by atoms with van der Waals surface area (Å²) in [6.45, 7) is 4.14. The first kappa shape index (κ1) is 19.6. The summed E-state index contributed by atoms with van der Waals surface area (Å²) in [6.07, 6.45) is 0. The van der Waals surface area contributed by atoms with Gasteiger partial charge in [0, 0.05) is 0 Å². The molecule has 0 heterocycles.